The maximum atomic E-state index is 14.6. The molecule has 0 fully saturated rings. The first kappa shape index (κ1) is 78.2. The number of rotatable bonds is 16. The Kier molecular flexibility index (Phi) is 21.9. The number of carbonyl (C=O) groups excluding carboxylic acids is 12. The van der Waals surface area contributed by atoms with Gasteiger partial charge in [0, 0.05) is 22.3 Å². The molecule has 1 radical (unpaired) electrons. The van der Waals surface area contributed by atoms with Crippen LogP contribution in [0.15, 0.2) is 146 Å². The molecule has 10 aromatic rings. The number of esters is 12. The van der Waals surface area contributed by atoms with Crippen LogP contribution in [0.4, 0.5) is 0 Å². The van der Waals surface area contributed by atoms with E-state index in [4.69, 9.17) is 76.8 Å². The fourth-order valence-corrected chi connectivity index (χ4v) is 13.8. The Morgan fingerprint density at radius 1 is 0.221 bits per heavy atom. The van der Waals surface area contributed by atoms with Crippen molar-refractivity contribution in [1.29, 1.82) is 0 Å². The smallest absolute Gasteiger partial charge is 0.656 e. The Hall–Kier alpha value is -14.4. The maximum Gasteiger partial charge on any atom is 2.00 e. The van der Waals surface area contributed by atoms with E-state index in [-0.39, 0.29) is 217 Å². The first-order valence-electron chi connectivity index (χ1n) is 33.5. The number of methoxy groups -OCH3 is 12. The van der Waals surface area contributed by atoms with E-state index >= 15 is 0 Å². The predicted octanol–water partition coefficient (Wildman–Crippen LogP) is 12.7. The third-order valence-corrected chi connectivity index (χ3v) is 19.1. The summed E-state index contributed by atoms with van der Waals surface area (Å²) in [5, 5.41) is 0.0729. The van der Waals surface area contributed by atoms with E-state index < -0.39 is 71.6 Å². The standard InChI is InChI=1S/C84H62N4O24.Cu/c1-101-73(89)41-21-13-37(14-22-41)61-65-45-29-53(77(93)105-5)55(79(95)107-7)31-47(45)67(85-65)62(38-15-23-42(24-16-38)74(90)102-2)69-49-33-57(81(97)109-9)59(83(99)111-11)35-51(49)71(87-69)64(40-19-27-44(28-20-40)76(92)104-4)72-52-36-60(84(100)112-12)58(82(98)110-10)34-50(52)70(88-72)63(39-17-25-43(26-18-39)75(91)103-3)68-48-32-56(80(96)108-8)54(78(94)106-6)30-46(48)66(61)86-68;/h13-36H,1-12H3,(H2,85,86,87,88,89,90,91,92,93,94,95,96,97,98,99,100);/q;+2/p-2. The molecule has 28 nitrogen and oxygen atoms in total. The number of carbonyl (C=O) groups is 12. The monoisotopic (exact) mass is 1570 g/mol. The topological polar surface area (TPSA) is 370 Å². The number of hydrogen-bond acceptors (Lipinski definition) is 26. The zero-order valence-electron chi connectivity index (χ0n) is 61.7. The van der Waals surface area contributed by atoms with Crippen molar-refractivity contribution in [3.63, 3.8) is 0 Å². The van der Waals surface area contributed by atoms with Crippen molar-refractivity contribution in [3.05, 3.63) is 212 Å². The number of benzene rings is 8. The molecule has 113 heavy (non-hydrogen) atoms. The first-order valence-corrected chi connectivity index (χ1v) is 33.5. The maximum absolute atomic E-state index is 14.6. The molecule has 29 heteroatoms. The molecule has 0 saturated heterocycles. The van der Waals surface area contributed by atoms with Crippen molar-refractivity contribution in [2.45, 2.75) is 0 Å². The molecule has 0 saturated carbocycles. The minimum absolute atomic E-state index is 0. The van der Waals surface area contributed by atoms with Crippen molar-refractivity contribution in [2.24, 2.45) is 0 Å². The van der Waals surface area contributed by atoms with Crippen LogP contribution in [0.1, 0.15) is 124 Å². The summed E-state index contributed by atoms with van der Waals surface area (Å²) in [5.74, 6) is -11.4. The molecule has 0 unspecified atom stereocenters. The summed E-state index contributed by atoms with van der Waals surface area (Å²) in [4.78, 5) is 193. The van der Waals surface area contributed by atoms with Crippen LogP contribution in [0.3, 0.4) is 0 Å². The summed E-state index contributed by atoms with van der Waals surface area (Å²) in [6.45, 7) is 0. The van der Waals surface area contributed by atoms with Gasteiger partial charge in [0.15, 0.2) is 0 Å². The SMILES string of the molecule is COC(=O)c1ccc(-c2c3nc(c(-c4ccc(C(=O)OC)cc4)c4[n-]c(c(-c5ccc(C(=O)OC)cc5)c5nc(c(-c6ccc(C(=O)OC)cc6)c6[n-]c2c2cc(C(=O)OC)c(C(=O)OC)cc62)-c2cc(C(=O)OC)c(C(=O)OC)cc2-5)c2cc(C(=O)OC)c(C(=O)OC)cc42)-c2cc(C(=O)OC)c(C(=O)OC)cc2-3)cc1.[Cu+2]. The van der Waals surface area contributed by atoms with Gasteiger partial charge in [-0.05, 0) is 163 Å². The van der Waals surface area contributed by atoms with Crippen molar-refractivity contribution in [1.82, 2.24) is 19.9 Å². The molecule has 2 aromatic heterocycles. The van der Waals surface area contributed by atoms with Gasteiger partial charge in [0.05, 0.1) is 175 Å². The van der Waals surface area contributed by atoms with E-state index in [1.165, 1.54) is 174 Å². The Morgan fingerprint density at radius 2 is 0.372 bits per heavy atom. The van der Waals surface area contributed by atoms with E-state index in [9.17, 15) is 57.5 Å². The Labute approximate surface area is 650 Å². The largest absolute Gasteiger partial charge is 2.00 e. The summed E-state index contributed by atoms with van der Waals surface area (Å²) in [5.41, 5.74) is -3.08. The van der Waals surface area contributed by atoms with E-state index in [0.29, 0.717) is 0 Å². The zero-order valence-corrected chi connectivity index (χ0v) is 62.7. The summed E-state index contributed by atoms with van der Waals surface area (Å²) in [6.07, 6.45) is 0. The number of hydrogen-bond donors (Lipinski definition) is 0. The van der Waals surface area contributed by atoms with Gasteiger partial charge in [-0.15, -0.1) is 22.1 Å². The molecule has 1 aliphatic carbocycles. The summed E-state index contributed by atoms with van der Waals surface area (Å²) in [7, 11) is 13.4. The van der Waals surface area contributed by atoms with E-state index in [0.717, 1.165) is 56.9 Å². The van der Waals surface area contributed by atoms with Gasteiger partial charge in [0.25, 0.3) is 0 Å². The van der Waals surface area contributed by atoms with Crippen LogP contribution >= 0.6 is 0 Å². The Morgan fingerprint density at radius 3 is 0.522 bits per heavy atom. The molecule has 2 aliphatic heterocycles. The normalized spacial score (nSPS) is 11.0. The second kappa shape index (κ2) is 31.6. The Bertz CT molecular complexity index is 5420. The first-order chi connectivity index (χ1) is 54.0. The minimum atomic E-state index is -1.05. The van der Waals surface area contributed by atoms with E-state index in [1.807, 2.05) is 0 Å². The molecular formula is C84H60CuN4O24. The molecule has 8 bridgehead atoms. The molecule has 13 rings (SSSR count). The van der Waals surface area contributed by atoms with Gasteiger partial charge in [0.2, 0.25) is 0 Å². The molecule has 0 amide bonds. The van der Waals surface area contributed by atoms with Crippen LogP contribution in [0.25, 0.3) is 133 Å². The molecule has 0 atom stereocenters. The molecule has 0 spiro atoms. The van der Waals surface area contributed by atoms with Crippen molar-refractivity contribution in [2.75, 3.05) is 85.3 Å². The van der Waals surface area contributed by atoms with Gasteiger partial charge in [0.1, 0.15) is 0 Å². The average Bonchev–Trinajstić information content (AvgIpc) is 1.55. The number of nitrogens with zero attached hydrogens (tertiary/aromatic N) is 4. The summed E-state index contributed by atoms with van der Waals surface area (Å²) in [6, 6.07) is 34.2. The second-order valence-electron chi connectivity index (χ2n) is 24.7. The number of ether oxygens (including phenoxy) is 12. The molecule has 571 valence electrons. The van der Waals surface area contributed by atoms with Crippen molar-refractivity contribution < 1.29 is 131 Å². The summed E-state index contributed by atoms with van der Waals surface area (Å²) < 4.78 is 63.8. The second-order valence-corrected chi connectivity index (χ2v) is 24.7. The van der Waals surface area contributed by atoms with Crippen LogP contribution in [0.5, 0.6) is 0 Å². The summed E-state index contributed by atoms with van der Waals surface area (Å²) >= 11 is 0. The Balaban J connectivity index is 0.0000118. The third-order valence-electron chi connectivity index (χ3n) is 19.1. The third kappa shape index (κ3) is 13.4. The van der Waals surface area contributed by atoms with Crippen LogP contribution in [-0.2, 0) is 73.9 Å². The van der Waals surface area contributed by atoms with Crippen LogP contribution in [0, 0.1) is 0 Å². The minimum Gasteiger partial charge on any atom is -0.656 e. The van der Waals surface area contributed by atoms with Crippen LogP contribution in [-0.4, -0.2) is 167 Å². The van der Waals surface area contributed by atoms with Crippen molar-refractivity contribution in [3.8, 4) is 89.5 Å². The van der Waals surface area contributed by atoms with Gasteiger partial charge in [-0.25, -0.2) is 67.5 Å². The van der Waals surface area contributed by atoms with Gasteiger partial charge in [-0.1, -0.05) is 48.5 Å². The fourth-order valence-electron chi connectivity index (χ4n) is 13.8. The van der Waals surface area contributed by atoms with E-state index in [2.05, 4.69) is 0 Å². The molecule has 8 aromatic carbocycles. The quantitative estimate of drug-likeness (QED) is 0.0492. The molecule has 3 aliphatic rings. The van der Waals surface area contributed by atoms with E-state index in [1.54, 1.807) is 0 Å². The van der Waals surface area contributed by atoms with Crippen LogP contribution in [0.2, 0.25) is 0 Å². The van der Waals surface area contributed by atoms with Crippen molar-refractivity contribution >= 4 is 115 Å². The van der Waals surface area contributed by atoms with Gasteiger partial charge in [-0.2, -0.15) is 0 Å². The van der Waals surface area contributed by atoms with Gasteiger partial charge in [-0.3, -0.25) is 0 Å². The predicted molar refractivity (Wildman–Crippen MR) is 401 cm³/mol. The molecule has 4 heterocycles. The van der Waals surface area contributed by atoms with Crippen LogP contribution < -0.4 is 9.97 Å². The zero-order chi connectivity index (χ0) is 80.0. The molecule has 0 N–H and O–H groups in total. The fraction of sp³-hybridized carbons (Fsp3) is 0.143. The molecular weight excluding hydrogens is 1510 g/mol. The number of aromatic nitrogens is 4. The average molecular weight is 1570 g/mol. The van der Waals surface area contributed by atoms with Gasteiger partial charge >= 0.3 is 88.7 Å². The van der Waals surface area contributed by atoms with Gasteiger partial charge < -0.3 is 66.8 Å².